The van der Waals surface area contributed by atoms with Crippen LogP contribution in [0.4, 0.5) is 0 Å². The van der Waals surface area contributed by atoms with Crippen LogP contribution in [-0.4, -0.2) is 52.3 Å². The number of hydrogen-bond acceptors (Lipinski definition) is 4. The lowest BCUT2D eigenvalue weighted by molar-refractivity contribution is -0.137. The largest absolute Gasteiger partial charge is 0.342 e. The van der Waals surface area contributed by atoms with Gasteiger partial charge in [-0.15, -0.1) is 11.3 Å². The van der Waals surface area contributed by atoms with Crippen molar-refractivity contribution in [2.45, 2.75) is 57.9 Å². The standard InChI is InChI=1S/C18H25N3O2S/c1-11-12(2)24-17(19-11)13-4-3-7-20(9-13)18(23)14-8-16(22)21(10-14)15-5-6-15/h13-15H,3-10H2,1-2H3/t13-,14+/m0/s1. The number of amides is 2. The molecule has 0 spiro atoms. The fourth-order valence-corrected chi connectivity index (χ4v) is 4.99. The van der Waals surface area contributed by atoms with E-state index in [1.165, 1.54) is 9.88 Å². The lowest BCUT2D eigenvalue weighted by atomic mass is 9.96. The summed E-state index contributed by atoms with van der Waals surface area (Å²) >= 11 is 1.77. The van der Waals surface area contributed by atoms with Crippen LogP contribution in [0.1, 0.15) is 53.6 Å². The van der Waals surface area contributed by atoms with Crippen molar-refractivity contribution in [1.82, 2.24) is 14.8 Å². The van der Waals surface area contributed by atoms with Gasteiger partial charge in [0.05, 0.1) is 16.6 Å². The van der Waals surface area contributed by atoms with Gasteiger partial charge >= 0.3 is 0 Å². The van der Waals surface area contributed by atoms with Gasteiger partial charge in [-0.2, -0.15) is 0 Å². The molecular formula is C18H25N3O2S. The molecule has 0 bridgehead atoms. The van der Waals surface area contributed by atoms with E-state index in [0.29, 0.717) is 24.9 Å². The van der Waals surface area contributed by atoms with E-state index in [2.05, 4.69) is 13.8 Å². The molecule has 3 fully saturated rings. The first-order valence-electron chi connectivity index (χ1n) is 9.05. The van der Waals surface area contributed by atoms with Gasteiger partial charge in [0.2, 0.25) is 11.8 Å². The number of hydrogen-bond donors (Lipinski definition) is 0. The Kier molecular flexibility index (Phi) is 4.11. The lowest BCUT2D eigenvalue weighted by Crippen LogP contribution is -2.43. The van der Waals surface area contributed by atoms with Crippen LogP contribution >= 0.6 is 11.3 Å². The molecule has 1 aliphatic carbocycles. The van der Waals surface area contributed by atoms with E-state index in [4.69, 9.17) is 4.98 Å². The molecule has 6 heteroatoms. The van der Waals surface area contributed by atoms with Crippen molar-refractivity contribution < 1.29 is 9.59 Å². The van der Waals surface area contributed by atoms with Gasteiger partial charge in [-0.3, -0.25) is 9.59 Å². The predicted octanol–water partition coefficient (Wildman–Crippen LogP) is 2.48. The van der Waals surface area contributed by atoms with Gasteiger partial charge in [-0.05, 0) is 39.5 Å². The van der Waals surface area contributed by atoms with Crippen LogP contribution in [0.3, 0.4) is 0 Å². The maximum atomic E-state index is 12.9. The minimum atomic E-state index is -0.128. The normalized spacial score (nSPS) is 27.8. The van der Waals surface area contributed by atoms with Crippen LogP contribution in [0.15, 0.2) is 0 Å². The minimum absolute atomic E-state index is 0.128. The van der Waals surface area contributed by atoms with Crippen molar-refractivity contribution in [2.24, 2.45) is 5.92 Å². The number of rotatable bonds is 3. The molecule has 3 aliphatic rings. The van der Waals surface area contributed by atoms with Crippen molar-refractivity contribution in [1.29, 1.82) is 0 Å². The zero-order valence-electron chi connectivity index (χ0n) is 14.5. The smallest absolute Gasteiger partial charge is 0.228 e. The van der Waals surface area contributed by atoms with E-state index < -0.39 is 0 Å². The van der Waals surface area contributed by atoms with Crippen LogP contribution in [0.2, 0.25) is 0 Å². The van der Waals surface area contributed by atoms with Crippen LogP contribution in [-0.2, 0) is 9.59 Å². The molecular weight excluding hydrogens is 322 g/mol. The second-order valence-corrected chi connectivity index (χ2v) is 8.73. The van der Waals surface area contributed by atoms with E-state index in [9.17, 15) is 9.59 Å². The molecule has 1 saturated carbocycles. The first kappa shape index (κ1) is 16.1. The summed E-state index contributed by atoms with van der Waals surface area (Å²) in [4.78, 5) is 34.9. The summed E-state index contributed by atoms with van der Waals surface area (Å²) in [7, 11) is 0. The average molecular weight is 347 g/mol. The molecule has 1 aromatic heterocycles. The Morgan fingerprint density at radius 3 is 2.67 bits per heavy atom. The first-order chi connectivity index (χ1) is 11.5. The highest BCUT2D eigenvalue weighted by molar-refractivity contribution is 7.11. The highest BCUT2D eigenvalue weighted by atomic mass is 32.1. The van der Waals surface area contributed by atoms with Crippen LogP contribution in [0, 0.1) is 19.8 Å². The van der Waals surface area contributed by atoms with Gasteiger partial charge in [0.1, 0.15) is 0 Å². The van der Waals surface area contributed by atoms with E-state index in [0.717, 1.165) is 44.5 Å². The average Bonchev–Trinajstić information content (AvgIpc) is 3.27. The van der Waals surface area contributed by atoms with Gasteiger partial charge in [0.25, 0.3) is 0 Å². The summed E-state index contributed by atoms with van der Waals surface area (Å²) in [6, 6.07) is 0.422. The third kappa shape index (κ3) is 2.96. The first-order valence-corrected chi connectivity index (χ1v) is 9.86. The molecule has 5 nitrogen and oxygen atoms in total. The molecule has 1 aromatic rings. The molecule has 2 aliphatic heterocycles. The molecule has 2 saturated heterocycles. The molecule has 0 N–H and O–H groups in total. The van der Waals surface area contributed by atoms with Crippen molar-refractivity contribution in [3.05, 3.63) is 15.6 Å². The van der Waals surface area contributed by atoms with Crippen LogP contribution in [0.25, 0.3) is 0 Å². The molecule has 0 radical (unpaired) electrons. The van der Waals surface area contributed by atoms with Gasteiger partial charge in [0.15, 0.2) is 0 Å². The van der Waals surface area contributed by atoms with Crippen molar-refractivity contribution in [3.63, 3.8) is 0 Å². The highest BCUT2D eigenvalue weighted by Gasteiger charge is 2.43. The fourth-order valence-electron chi connectivity index (χ4n) is 3.95. The second kappa shape index (κ2) is 6.14. The van der Waals surface area contributed by atoms with Crippen LogP contribution in [0.5, 0.6) is 0 Å². The van der Waals surface area contributed by atoms with E-state index >= 15 is 0 Å². The Bertz CT molecular complexity index is 648. The van der Waals surface area contributed by atoms with E-state index in [1.807, 2.05) is 9.80 Å². The molecule has 130 valence electrons. The molecule has 4 rings (SSSR count). The van der Waals surface area contributed by atoms with Crippen molar-refractivity contribution >= 4 is 23.2 Å². The summed E-state index contributed by atoms with van der Waals surface area (Å²) in [6.45, 7) is 6.39. The summed E-state index contributed by atoms with van der Waals surface area (Å²) in [5.74, 6) is 0.588. The number of piperidine rings is 1. The molecule has 2 atom stereocenters. The number of aryl methyl sites for hydroxylation is 2. The Hall–Kier alpha value is -1.43. The monoisotopic (exact) mass is 347 g/mol. The third-order valence-electron chi connectivity index (χ3n) is 5.62. The third-order valence-corrected chi connectivity index (χ3v) is 6.86. The maximum Gasteiger partial charge on any atom is 0.228 e. The second-order valence-electron chi connectivity index (χ2n) is 7.50. The van der Waals surface area contributed by atoms with Gasteiger partial charge in [-0.1, -0.05) is 0 Å². The Balaban J connectivity index is 1.42. The number of carbonyl (C=O) groups is 2. The maximum absolute atomic E-state index is 12.9. The molecule has 0 aromatic carbocycles. The van der Waals surface area contributed by atoms with Gasteiger partial charge in [-0.25, -0.2) is 4.98 Å². The van der Waals surface area contributed by atoms with Crippen molar-refractivity contribution in [2.75, 3.05) is 19.6 Å². The van der Waals surface area contributed by atoms with E-state index in [1.54, 1.807) is 11.3 Å². The number of nitrogens with zero attached hydrogens (tertiary/aromatic N) is 3. The number of likely N-dealkylation sites (tertiary alicyclic amines) is 2. The van der Waals surface area contributed by atoms with Crippen molar-refractivity contribution in [3.8, 4) is 0 Å². The summed E-state index contributed by atoms with van der Waals surface area (Å²) in [5.41, 5.74) is 1.11. The summed E-state index contributed by atoms with van der Waals surface area (Å²) < 4.78 is 0. The van der Waals surface area contributed by atoms with E-state index in [-0.39, 0.29) is 17.7 Å². The quantitative estimate of drug-likeness (QED) is 0.844. The molecule has 2 amide bonds. The number of carbonyl (C=O) groups excluding carboxylic acids is 2. The summed E-state index contributed by atoms with van der Waals surface area (Å²) in [6.07, 6.45) is 4.77. The number of aromatic nitrogens is 1. The van der Waals surface area contributed by atoms with Crippen LogP contribution < -0.4 is 0 Å². The minimum Gasteiger partial charge on any atom is -0.342 e. The topological polar surface area (TPSA) is 53.5 Å². The fraction of sp³-hybridized carbons (Fsp3) is 0.722. The van der Waals surface area contributed by atoms with Gasteiger partial charge in [0, 0.05) is 42.9 Å². The predicted molar refractivity (Wildman–Crippen MR) is 93.0 cm³/mol. The molecule has 24 heavy (non-hydrogen) atoms. The Labute approximate surface area is 147 Å². The number of thiazole rings is 1. The Morgan fingerprint density at radius 2 is 2.00 bits per heavy atom. The molecule has 0 unspecified atom stereocenters. The zero-order valence-corrected chi connectivity index (χ0v) is 15.3. The lowest BCUT2D eigenvalue weighted by Gasteiger charge is -2.33. The highest BCUT2D eigenvalue weighted by Crippen LogP contribution is 2.35. The van der Waals surface area contributed by atoms with Gasteiger partial charge < -0.3 is 9.80 Å². The zero-order chi connectivity index (χ0) is 16.8. The Morgan fingerprint density at radius 1 is 1.21 bits per heavy atom. The molecule has 3 heterocycles. The SMILES string of the molecule is Cc1nc([C@H]2CCCN(C(=O)[C@@H]3CC(=O)N(C4CC4)C3)C2)sc1C. The summed E-state index contributed by atoms with van der Waals surface area (Å²) in [5, 5.41) is 1.17.